The highest BCUT2D eigenvalue weighted by Gasteiger charge is 2.24. The molecular formula is C12H17N3O2. The van der Waals surface area contributed by atoms with Gasteiger partial charge in [-0.05, 0) is 30.7 Å². The van der Waals surface area contributed by atoms with Crippen molar-refractivity contribution < 1.29 is 4.92 Å². The van der Waals surface area contributed by atoms with Gasteiger partial charge in [0.2, 0.25) is 0 Å². The largest absolute Gasteiger partial charge is 0.297 e. The minimum atomic E-state index is -0.365. The zero-order valence-corrected chi connectivity index (χ0v) is 9.93. The summed E-state index contributed by atoms with van der Waals surface area (Å²) in [7, 11) is 0. The second-order valence-corrected chi connectivity index (χ2v) is 4.24. The van der Waals surface area contributed by atoms with E-state index in [-0.39, 0.29) is 16.8 Å². The van der Waals surface area contributed by atoms with Crippen LogP contribution in [0.15, 0.2) is 24.3 Å². The number of nitrogens with one attached hydrogen (secondary N) is 1. The lowest BCUT2D eigenvalue weighted by Crippen LogP contribution is -2.28. The highest BCUT2D eigenvalue weighted by atomic mass is 16.6. The van der Waals surface area contributed by atoms with E-state index >= 15 is 0 Å². The normalized spacial score (nSPS) is 20.6. The van der Waals surface area contributed by atoms with Crippen LogP contribution in [0, 0.1) is 10.1 Å². The quantitative estimate of drug-likeness (QED) is 0.639. The van der Waals surface area contributed by atoms with Gasteiger partial charge in [0.25, 0.3) is 5.69 Å². The first-order valence-corrected chi connectivity index (χ1v) is 5.94. The lowest BCUT2D eigenvalue weighted by Gasteiger charge is -2.23. The summed E-state index contributed by atoms with van der Waals surface area (Å²) in [5, 5.41) is 14.0. The van der Waals surface area contributed by atoms with Gasteiger partial charge in [-0.2, -0.15) is 0 Å². The minimum Gasteiger partial charge on any atom is -0.297 e. The van der Waals surface area contributed by atoms with Gasteiger partial charge in [0.15, 0.2) is 0 Å². The summed E-state index contributed by atoms with van der Waals surface area (Å²) in [6.07, 6.45) is 1.32. The molecule has 92 valence electrons. The number of nitro benzene ring substituents is 1. The molecule has 5 heteroatoms. The molecule has 0 radical (unpaired) electrons. The summed E-state index contributed by atoms with van der Waals surface area (Å²) in [6, 6.07) is 6.81. The van der Waals surface area contributed by atoms with Crippen molar-refractivity contribution >= 4 is 5.69 Å². The average Bonchev–Trinajstić information content (AvgIpc) is 2.78. The molecule has 1 heterocycles. The fourth-order valence-electron chi connectivity index (χ4n) is 2.24. The molecule has 17 heavy (non-hydrogen) atoms. The minimum absolute atomic E-state index is 0.147. The van der Waals surface area contributed by atoms with Gasteiger partial charge in [-0.1, -0.05) is 6.92 Å². The molecule has 0 bridgehead atoms. The van der Waals surface area contributed by atoms with Crippen molar-refractivity contribution in [3.63, 3.8) is 0 Å². The van der Waals surface area contributed by atoms with Crippen molar-refractivity contribution in [2.75, 3.05) is 19.6 Å². The van der Waals surface area contributed by atoms with Crippen LogP contribution in [0.5, 0.6) is 0 Å². The summed E-state index contributed by atoms with van der Waals surface area (Å²) in [4.78, 5) is 12.6. The molecule has 0 amide bonds. The molecule has 1 aliphatic rings. The molecule has 1 aliphatic heterocycles. The average molecular weight is 235 g/mol. The number of hydrogen-bond donors (Lipinski definition) is 1. The standard InChI is InChI=1S/C12H17N3O2/c1-2-8-14-9-7-13-12(14)10-3-5-11(6-4-10)15(16)17/h3-6,12-13H,2,7-9H2,1H3. The SMILES string of the molecule is CCCN1CCNC1c1ccc([N+](=O)[O-])cc1. The summed E-state index contributed by atoms with van der Waals surface area (Å²) in [5.41, 5.74) is 1.25. The Labute approximate surface area is 101 Å². The van der Waals surface area contributed by atoms with E-state index in [1.807, 2.05) is 12.1 Å². The molecule has 1 fully saturated rings. The van der Waals surface area contributed by atoms with Crippen LogP contribution in [0.3, 0.4) is 0 Å². The molecule has 1 atom stereocenters. The van der Waals surface area contributed by atoms with Gasteiger partial charge in [0, 0.05) is 25.2 Å². The highest BCUT2D eigenvalue weighted by Crippen LogP contribution is 2.23. The van der Waals surface area contributed by atoms with Gasteiger partial charge < -0.3 is 0 Å². The van der Waals surface area contributed by atoms with Crippen LogP contribution in [0.4, 0.5) is 5.69 Å². The van der Waals surface area contributed by atoms with Crippen molar-refractivity contribution in [2.45, 2.75) is 19.5 Å². The lowest BCUT2D eigenvalue weighted by atomic mass is 10.1. The maximum absolute atomic E-state index is 10.6. The first-order chi connectivity index (χ1) is 8.22. The van der Waals surface area contributed by atoms with Crippen LogP contribution in [0.25, 0.3) is 0 Å². The molecule has 1 aromatic carbocycles. The number of rotatable bonds is 4. The third-order valence-electron chi connectivity index (χ3n) is 3.03. The van der Waals surface area contributed by atoms with E-state index in [0.29, 0.717) is 0 Å². The molecule has 0 saturated carbocycles. The Morgan fingerprint density at radius 1 is 1.47 bits per heavy atom. The van der Waals surface area contributed by atoms with Crippen LogP contribution >= 0.6 is 0 Å². The Morgan fingerprint density at radius 2 is 2.18 bits per heavy atom. The summed E-state index contributed by atoms with van der Waals surface area (Å²) in [6.45, 7) is 5.22. The number of hydrogen-bond acceptors (Lipinski definition) is 4. The molecule has 1 unspecified atom stereocenters. The number of nitro groups is 1. The third-order valence-corrected chi connectivity index (χ3v) is 3.03. The summed E-state index contributed by atoms with van der Waals surface area (Å²) in [5.74, 6) is 0. The zero-order chi connectivity index (χ0) is 12.3. The Kier molecular flexibility index (Phi) is 3.71. The van der Waals surface area contributed by atoms with Crippen LogP contribution < -0.4 is 5.32 Å². The van der Waals surface area contributed by atoms with Crippen LogP contribution in [-0.4, -0.2) is 29.5 Å². The molecule has 0 spiro atoms. The molecule has 5 nitrogen and oxygen atoms in total. The first-order valence-electron chi connectivity index (χ1n) is 5.94. The summed E-state index contributed by atoms with van der Waals surface area (Å²) >= 11 is 0. The van der Waals surface area contributed by atoms with E-state index in [0.717, 1.165) is 31.6 Å². The molecule has 1 aromatic rings. The maximum atomic E-state index is 10.6. The molecule has 0 aromatic heterocycles. The fourth-order valence-corrected chi connectivity index (χ4v) is 2.24. The van der Waals surface area contributed by atoms with Gasteiger partial charge in [-0.3, -0.25) is 20.3 Å². The predicted octanol–water partition coefficient (Wildman–Crippen LogP) is 1.91. The van der Waals surface area contributed by atoms with E-state index in [9.17, 15) is 10.1 Å². The topological polar surface area (TPSA) is 58.4 Å². The van der Waals surface area contributed by atoms with Crippen molar-refractivity contribution in [3.05, 3.63) is 39.9 Å². The number of non-ortho nitro benzene ring substituents is 1. The second kappa shape index (κ2) is 5.25. The smallest absolute Gasteiger partial charge is 0.269 e. The maximum Gasteiger partial charge on any atom is 0.269 e. The summed E-state index contributed by atoms with van der Waals surface area (Å²) < 4.78 is 0. The molecule has 1 saturated heterocycles. The van der Waals surface area contributed by atoms with Gasteiger partial charge >= 0.3 is 0 Å². The van der Waals surface area contributed by atoms with Gasteiger partial charge in [0.05, 0.1) is 11.1 Å². The predicted molar refractivity (Wildman–Crippen MR) is 65.7 cm³/mol. The van der Waals surface area contributed by atoms with E-state index in [1.54, 1.807) is 12.1 Å². The molecule has 2 rings (SSSR count). The van der Waals surface area contributed by atoms with Gasteiger partial charge in [-0.25, -0.2) is 0 Å². The van der Waals surface area contributed by atoms with Crippen molar-refractivity contribution in [2.24, 2.45) is 0 Å². The number of benzene rings is 1. The van der Waals surface area contributed by atoms with E-state index in [2.05, 4.69) is 17.1 Å². The van der Waals surface area contributed by atoms with E-state index < -0.39 is 0 Å². The van der Waals surface area contributed by atoms with E-state index in [4.69, 9.17) is 0 Å². The van der Waals surface area contributed by atoms with Crippen LogP contribution in [-0.2, 0) is 0 Å². The van der Waals surface area contributed by atoms with Crippen molar-refractivity contribution in [1.29, 1.82) is 0 Å². The van der Waals surface area contributed by atoms with Crippen LogP contribution in [0.2, 0.25) is 0 Å². The molecule has 1 N–H and O–H groups in total. The van der Waals surface area contributed by atoms with Crippen LogP contribution in [0.1, 0.15) is 25.1 Å². The van der Waals surface area contributed by atoms with Crippen molar-refractivity contribution in [3.8, 4) is 0 Å². The Balaban J connectivity index is 2.13. The van der Waals surface area contributed by atoms with Gasteiger partial charge in [0.1, 0.15) is 0 Å². The molecule has 0 aliphatic carbocycles. The third kappa shape index (κ3) is 2.62. The zero-order valence-electron chi connectivity index (χ0n) is 9.93. The van der Waals surface area contributed by atoms with Gasteiger partial charge in [-0.15, -0.1) is 0 Å². The Morgan fingerprint density at radius 3 is 2.76 bits per heavy atom. The van der Waals surface area contributed by atoms with E-state index in [1.165, 1.54) is 0 Å². The lowest BCUT2D eigenvalue weighted by molar-refractivity contribution is -0.384. The second-order valence-electron chi connectivity index (χ2n) is 4.24. The Hall–Kier alpha value is -1.46. The number of nitrogens with zero attached hydrogens (tertiary/aromatic N) is 2. The highest BCUT2D eigenvalue weighted by molar-refractivity contribution is 5.34. The van der Waals surface area contributed by atoms with Crippen molar-refractivity contribution in [1.82, 2.24) is 10.2 Å². The monoisotopic (exact) mass is 235 g/mol. The first kappa shape index (κ1) is 12.0. The fraction of sp³-hybridized carbons (Fsp3) is 0.500. The Bertz CT molecular complexity index is 391. The molecular weight excluding hydrogens is 218 g/mol.